The largest absolute Gasteiger partial charge is 0.617 e. The molecular formula is C17H34O4S. The predicted molar refractivity (Wildman–Crippen MR) is 92.4 cm³/mol. The van der Waals surface area contributed by atoms with Crippen molar-refractivity contribution in [3.63, 3.8) is 0 Å². The number of carbonyl (C=O) groups is 1. The maximum absolute atomic E-state index is 11.4. The highest BCUT2D eigenvalue weighted by Crippen LogP contribution is 2.10. The van der Waals surface area contributed by atoms with Crippen molar-refractivity contribution in [2.24, 2.45) is 0 Å². The fraction of sp³-hybridized carbons (Fsp3) is 0.941. The maximum atomic E-state index is 11.4. The third-order valence-electron chi connectivity index (χ3n) is 3.69. The van der Waals surface area contributed by atoms with Crippen molar-refractivity contribution in [2.45, 2.75) is 83.7 Å². The summed E-state index contributed by atoms with van der Waals surface area (Å²) in [5, 5.41) is 9.52. The Balaban J connectivity index is 3.29. The molecule has 22 heavy (non-hydrogen) atoms. The van der Waals surface area contributed by atoms with E-state index in [9.17, 15) is 14.5 Å². The Hall–Kier alpha value is -0.260. The van der Waals surface area contributed by atoms with E-state index in [4.69, 9.17) is 4.74 Å². The first-order chi connectivity index (χ1) is 10.6. The molecule has 0 spiro atoms. The van der Waals surface area contributed by atoms with E-state index in [1.807, 2.05) is 0 Å². The Morgan fingerprint density at radius 1 is 1.05 bits per heavy atom. The number of hydrogen-bond acceptors (Lipinski definition) is 4. The van der Waals surface area contributed by atoms with Gasteiger partial charge in [0.15, 0.2) is 6.10 Å². The van der Waals surface area contributed by atoms with Gasteiger partial charge in [-0.1, -0.05) is 75.9 Å². The lowest BCUT2D eigenvalue weighted by atomic mass is 10.1. The van der Waals surface area contributed by atoms with Crippen LogP contribution in [0, 0.1) is 0 Å². The highest BCUT2D eigenvalue weighted by atomic mass is 32.2. The molecule has 1 N–H and O–H groups in total. The van der Waals surface area contributed by atoms with Crippen LogP contribution in [0.5, 0.6) is 0 Å². The lowest BCUT2D eigenvalue weighted by molar-refractivity contribution is -0.153. The summed E-state index contributed by atoms with van der Waals surface area (Å²) in [5.74, 6) is -0.254. The van der Waals surface area contributed by atoms with Gasteiger partial charge in [-0.05, 0) is 6.42 Å². The molecule has 0 radical (unpaired) electrons. The Kier molecular flexibility index (Phi) is 15.4. The first-order valence-electron chi connectivity index (χ1n) is 8.72. The van der Waals surface area contributed by atoms with Gasteiger partial charge < -0.3 is 14.4 Å². The van der Waals surface area contributed by atoms with Crippen LogP contribution in [0.15, 0.2) is 0 Å². The first-order valence-corrected chi connectivity index (χ1v) is 10.4. The van der Waals surface area contributed by atoms with Crippen molar-refractivity contribution in [1.29, 1.82) is 0 Å². The second-order valence-corrected chi connectivity index (χ2v) is 7.49. The van der Waals surface area contributed by atoms with Gasteiger partial charge in [0, 0.05) is 6.42 Å². The quantitative estimate of drug-likeness (QED) is 0.282. The molecule has 5 heteroatoms. The third-order valence-corrected chi connectivity index (χ3v) is 4.50. The summed E-state index contributed by atoms with van der Waals surface area (Å²) in [6.45, 7) is 2.61. The zero-order valence-corrected chi connectivity index (χ0v) is 15.2. The number of ether oxygens (including phenoxy) is 1. The van der Waals surface area contributed by atoms with Crippen LogP contribution >= 0.6 is 0 Å². The monoisotopic (exact) mass is 334 g/mol. The number of aliphatic hydroxyl groups is 1. The van der Waals surface area contributed by atoms with Crippen LogP contribution in [0.2, 0.25) is 0 Å². The normalized spacial score (nSPS) is 13.8. The molecule has 0 saturated carbocycles. The van der Waals surface area contributed by atoms with E-state index in [0.717, 1.165) is 12.8 Å². The number of unbranched alkanes of at least 4 members (excludes halogenated alkanes) is 9. The average molecular weight is 335 g/mol. The van der Waals surface area contributed by atoms with Gasteiger partial charge in [0.1, 0.15) is 5.75 Å². The van der Waals surface area contributed by atoms with Crippen molar-refractivity contribution >= 4 is 17.1 Å². The minimum absolute atomic E-state index is 0.208. The van der Waals surface area contributed by atoms with Gasteiger partial charge in [-0.2, -0.15) is 0 Å². The zero-order chi connectivity index (χ0) is 16.6. The van der Waals surface area contributed by atoms with E-state index >= 15 is 0 Å². The highest BCUT2D eigenvalue weighted by Gasteiger charge is 2.18. The molecule has 0 saturated heterocycles. The van der Waals surface area contributed by atoms with Crippen LogP contribution in [0.3, 0.4) is 0 Å². The summed E-state index contributed by atoms with van der Waals surface area (Å²) < 4.78 is 15.9. The number of hydrogen-bond donors (Lipinski definition) is 1. The fourth-order valence-electron chi connectivity index (χ4n) is 2.25. The molecule has 2 atom stereocenters. The lowest BCUT2D eigenvalue weighted by Crippen LogP contribution is -2.26. The lowest BCUT2D eigenvalue weighted by Gasteiger charge is -2.11. The van der Waals surface area contributed by atoms with Crippen molar-refractivity contribution < 1.29 is 19.2 Å². The molecule has 0 aliphatic heterocycles. The highest BCUT2D eigenvalue weighted by molar-refractivity contribution is 7.90. The van der Waals surface area contributed by atoms with Crippen LogP contribution in [0.4, 0.5) is 0 Å². The van der Waals surface area contributed by atoms with Crippen LogP contribution in [-0.2, 0) is 20.7 Å². The van der Waals surface area contributed by atoms with Gasteiger partial charge in [0.2, 0.25) is 0 Å². The molecule has 2 unspecified atom stereocenters. The molecule has 0 aromatic heterocycles. The van der Waals surface area contributed by atoms with E-state index < -0.39 is 23.2 Å². The predicted octanol–water partition coefficient (Wildman–Crippen LogP) is 3.58. The van der Waals surface area contributed by atoms with E-state index in [-0.39, 0.29) is 6.42 Å². The molecule has 4 nitrogen and oxygen atoms in total. The van der Waals surface area contributed by atoms with E-state index in [0.29, 0.717) is 12.4 Å². The molecule has 0 fully saturated rings. The average Bonchev–Trinajstić information content (AvgIpc) is 2.49. The number of carbonyl (C=O) groups excluding carboxylic acids is 1. The molecule has 0 heterocycles. The van der Waals surface area contributed by atoms with Crippen LogP contribution in [-0.4, -0.2) is 40.3 Å². The van der Waals surface area contributed by atoms with Gasteiger partial charge in [-0.3, -0.25) is 0 Å². The van der Waals surface area contributed by atoms with Crippen molar-refractivity contribution in [3.05, 3.63) is 0 Å². The van der Waals surface area contributed by atoms with E-state index in [1.165, 1.54) is 51.4 Å². The standard InChI is InChI=1S/C17H34O4S/c1-3-4-5-6-7-8-9-10-11-12-14-21-17(19)16(18)13-15-22(2)20/h16,18H,3-15H2,1-2H3. The van der Waals surface area contributed by atoms with Gasteiger partial charge >= 0.3 is 5.97 Å². The van der Waals surface area contributed by atoms with Gasteiger partial charge in [-0.25, -0.2) is 4.79 Å². The van der Waals surface area contributed by atoms with Crippen molar-refractivity contribution in [2.75, 3.05) is 18.6 Å². The van der Waals surface area contributed by atoms with E-state index in [1.54, 1.807) is 6.26 Å². The Bertz CT molecular complexity index is 259. The molecule has 0 rings (SSSR count). The molecule has 132 valence electrons. The van der Waals surface area contributed by atoms with Gasteiger partial charge in [0.25, 0.3) is 0 Å². The Morgan fingerprint density at radius 2 is 1.55 bits per heavy atom. The summed E-state index contributed by atoms with van der Waals surface area (Å²) >= 11 is -0.986. The zero-order valence-electron chi connectivity index (χ0n) is 14.3. The summed E-state index contributed by atoms with van der Waals surface area (Å²) in [7, 11) is 0. The maximum Gasteiger partial charge on any atom is 0.335 e. The Morgan fingerprint density at radius 3 is 2.05 bits per heavy atom. The summed E-state index contributed by atoms with van der Waals surface area (Å²) in [6.07, 6.45) is 13.0. The molecule has 0 aliphatic rings. The van der Waals surface area contributed by atoms with Gasteiger partial charge in [0.05, 0.1) is 12.9 Å². The Labute approximate surface area is 139 Å². The molecule has 0 aliphatic carbocycles. The summed E-state index contributed by atoms with van der Waals surface area (Å²) in [6, 6.07) is 0. The van der Waals surface area contributed by atoms with Crippen LogP contribution < -0.4 is 0 Å². The van der Waals surface area contributed by atoms with Gasteiger partial charge in [-0.15, -0.1) is 0 Å². The molecule has 0 bridgehead atoms. The topological polar surface area (TPSA) is 69.6 Å². The minimum atomic E-state index is -1.13. The SMILES string of the molecule is CCCCCCCCCCCCOC(=O)C(O)CC[S+](C)[O-]. The minimum Gasteiger partial charge on any atom is -0.617 e. The second-order valence-electron chi connectivity index (χ2n) is 5.93. The fourth-order valence-corrected chi connectivity index (χ4v) is 2.81. The number of aliphatic hydroxyl groups excluding tert-OH is 1. The molecule has 0 amide bonds. The molecule has 0 aromatic rings. The van der Waals surface area contributed by atoms with Crippen LogP contribution in [0.25, 0.3) is 0 Å². The summed E-state index contributed by atoms with van der Waals surface area (Å²) in [5.41, 5.74) is 0. The first kappa shape index (κ1) is 21.7. The second kappa shape index (κ2) is 15.6. The van der Waals surface area contributed by atoms with E-state index in [2.05, 4.69) is 6.92 Å². The number of esters is 1. The molecular weight excluding hydrogens is 300 g/mol. The summed E-state index contributed by atoms with van der Waals surface area (Å²) in [4.78, 5) is 11.4. The number of rotatable bonds is 15. The van der Waals surface area contributed by atoms with Crippen molar-refractivity contribution in [3.8, 4) is 0 Å². The van der Waals surface area contributed by atoms with Crippen molar-refractivity contribution in [1.82, 2.24) is 0 Å². The third kappa shape index (κ3) is 14.7. The van der Waals surface area contributed by atoms with Crippen LogP contribution in [0.1, 0.15) is 77.6 Å². The molecule has 0 aromatic carbocycles. The smallest absolute Gasteiger partial charge is 0.335 e.